The third kappa shape index (κ3) is 8.14. The maximum absolute atomic E-state index is 15.3. The summed E-state index contributed by atoms with van der Waals surface area (Å²) in [4.78, 5) is 41.5. The summed E-state index contributed by atoms with van der Waals surface area (Å²) in [6.45, 7) is 8.71. The second-order valence-corrected chi connectivity index (χ2v) is 12.9. The molecule has 262 valence electrons. The van der Waals surface area contributed by atoms with E-state index < -0.39 is 5.91 Å². The van der Waals surface area contributed by atoms with Gasteiger partial charge in [0, 0.05) is 63.3 Å². The van der Waals surface area contributed by atoms with Crippen molar-refractivity contribution in [2.24, 2.45) is 0 Å². The molecule has 6 rings (SSSR count). The molecule has 0 atom stereocenters. The number of methoxy groups -OCH3 is 1. The summed E-state index contributed by atoms with van der Waals surface area (Å²) < 4.78 is 27.2. The van der Waals surface area contributed by atoms with Gasteiger partial charge in [-0.3, -0.25) is 9.59 Å². The third-order valence-electron chi connectivity index (χ3n) is 9.29. The van der Waals surface area contributed by atoms with Crippen molar-refractivity contribution in [1.82, 2.24) is 19.8 Å². The van der Waals surface area contributed by atoms with Crippen molar-refractivity contribution in [2.45, 2.75) is 39.5 Å². The van der Waals surface area contributed by atoms with Gasteiger partial charge in [0.1, 0.15) is 11.4 Å². The van der Waals surface area contributed by atoms with Crippen molar-refractivity contribution < 1.29 is 23.5 Å². The summed E-state index contributed by atoms with van der Waals surface area (Å²) in [7, 11) is 3.59. The molecule has 2 aliphatic rings. The van der Waals surface area contributed by atoms with Crippen LogP contribution in [0, 0.1) is 19.7 Å². The lowest BCUT2D eigenvalue weighted by Crippen LogP contribution is -2.44. The molecule has 1 aromatic heterocycles. The van der Waals surface area contributed by atoms with Gasteiger partial charge in [0.05, 0.1) is 12.8 Å². The molecule has 11 nitrogen and oxygen atoms in total. The zero-order valence-corrected chi connectivity index (χ0v) is 29.1. The number of carbonyl (C=O) groups is 2. The second kappa shape index (κ2) is 15.5. The molecule has 0 spiro atoms. The van der Waals surface area contributed by atoms with E-state index in [1.165, 1.54) is 19.4 Å². The van der Waals surface area contributed by atoms with Crippen molar-refractivity contribution >= 4 is 34.8 Å². The number of hydrogen-bond acceptors (Lipinski definition) is 9. The SMILES string of the molecule is COc1cc(CCC(=O)N2CCCC2)ccc1Oc1nc(Nc2ccc(N3CCN(C)CC3)c(F)c2)ncc1C(=O)Nc1c(C)cccc1C. The summed E-state index contributed by atoms with van der Waals surface area (Å²) in [5, 5.41) is 6.04. The molecule has 2 N–H and O–H groups in total. The Morgan fingerprint density at radius 2 is 1.66 bits per heavy atom. The molecule has 2 fully saturated rings. The van der Waals surface area contributed by atoms with Crippen molar-refractivity contribution in [3.63, 3.8) is 0 Å². The van der Waals surface area contributed by atoms with Crippen LogP contribution in [0.1, 0.15) is 46.3 Å². The summed E-state index contributed by atoms with van der Waals surface area (Å²) in [5.74, 6) is 0.191. The fraction of sp³-hybridized carbons (Fsp3) is 0.368. The summed E-state index contributed by atoms with van der Waals surface area (Å²) in [5.41, 5.74) is 4.50. The maximum Gasteiger partial charge on any atom is 0.262 e. The van der Waals surface area contributed by atoms with Crippen LogP contribution in [0.15, 0.2) is 60.8 Å². The van der Waals surface area contributed by atoms with Gasteiger partial charge in [-0.2, -0.15) is 4.98 Å². The lowest BCUT2D eigenvalue weighted by molar-refractivity contribution is -0.130. The van der Waals surface area contributed by atoms with Crippen LogP contribution in [-0.4, -0.2) is 85.0 Å². The number of nitrogens with one attached hydrogen (secondary N) is 2. The molecule has 0 bridgehead atoms. The molecule has 3 heterocycles. The number of benzene rings is 3. The largest absolute Gasteiger partial charge is 0.493 e. The monoisotopic (exact) mass is 681 g/mol. The Morgan fingerprint density at radius 3 is 2.36 bits per heavy atom. The highest BCUT2D eigenvalue weighted by Crippen LogP contribution is 2.35. The predicted octanol–water partition coefficient (Wildman–Crippen LogP) is 6.34. The van der Waals surface area contributed by atoms with Crippen LogP contribution in [0.3, 0.4) is 0 Å². The molecular weight excluding hydrogens is 637 g/mol. The van der Waals surface area contributed by atoms with Crippen LogP contribution in [-0.2, 0) is 11.2 Å². The van der Waals surface area contributed by atoms with Gasteiger partial charge in [0.15, 0.2) is 11.5 Å². The summed E-state index contributed by atoms with van der Waals surface area (Å²) in [6.07, 6.45) is 4.45. The number of rotatable bonds is 11. The van der Waals surface area contributed by atoms with E-state index in [2.05, 4.69) is 32.5 Å². The molecule has 0 radical (unpaired) electrons. The van der Waals surface area contributed by atoms with Crippen LogP contribution in [0.2, 0.25) is 0 Å². The number of halogens is 1. The second-order valence-electron chi connectivity index (χ2n) is 12.9. The molecule has 3 aromatic carbocycles. The number of aromatic nitrogens is 2. The first-order valence-electron chi connectivity index (χ1n) is 17.1. The van der Waals surface area contributed by atoms with E-state index in [-0.39, 0.29) is 29.1 Å². The highest BCUT2D eigenvalue weighted by Gasteiger charge is 2.22. The Hall–Kier alpha value is -5.23. The van der Waals surface area contributed by atoms with Gasteiger partial charge in [-0.25, -0.2) is 9.37 Å². The van der Waals surface area contributed by atoms with E-state index >= 15 is 4.39 Å². The standard InChI is InChI=1S/C38H44FN7O4/c1-25-8-7-9-26(2)35(25)42-36(48)29-24-40-38(41-28-12-13-31(30(39)23-28)45-20-18-44(3)19-21-45)43-37(29)50-32-14-10-27(22-33(32)49-4)11-15-34(47)46-16-5-6-17-46/h7-10,12-14,22-24H,5-6,11,15-21H2,1-4H3,(H,42,48)(H,40,41,43). The molecule has 0 saturated carbocycles. The molecule has 2 amide bonds. The Kier molecular flexibility index (Phi) is 10.8. The highest BCUT2D eigenvalue weighted by atomic mass is 19.1. The fourth-order valence-corrected chi connectivity index (χ4v) is 6.30. The fourth-order valence-electron chi connectivity index (χ4n) is 6.30. The third-order valence-corrected chi connectivity index (χ3v) is 9.29. The van der Waals surface area contributed by atoms with Gasteiger partial charge in [0.2, 0.25) is 17.7 Å². The van der Waals surface area contributed by atoms with Gasteiger partial charge < -0.3 is 34.8 Å². The van der Waals surface area contributed by atoms with Gasteiger partial charge in [-0.15, -0.1) is 0 Å². The number of ether oxygens (including phenoxy) is 2. The number of anilines is 4. The molecule has 50 heavy (non-hydrogen) atoms. The number of hydrogen-bond donors (Lipinski definition) is 2. The molecule has 2 aliphatic heterocycles. The molecular formula is C38H44FN7O4. The minimum absolute atomic E-state index is 0.0176. The van der Waals surface area contributed by atoms with Gasteiger partial charge in [-0.1, -0.05) is 24.3 Å². The maximum atomic E-state index is 15.3. The quantitative estimate of drug-likeness (QED) is 0.187. The smallest absolute Gasteiger partial charge is 0.262 e. The van der Waals surface area contributed by atoms with Gasteiger partial charge in [0.25, 0.3) is 5.91 Å². The number of nitrogens with zero attached hydrogens (tertiary/aromatic N) is 5. The summed E-state index contributed by atoms with van der Waals surface area (Å²) >= 11 is 0. The zero-order valence-electron chi connectivity index (χ0n) is 29.1. The van der Waals surface area contributed by atoms with Crippen LogP contribution in [0.5, 0.6) is 17.4 Å². The van der Waals surface area contributed by atoms with Crippen molar-refractivity contribution in [1.29, 1.82) is 0 Å². The first kappa shape index (κ1) is 34.6. The van der Waals surface area contributed by atoms with Crippen molar-refractivity contribution in [3.8, 4) is 17.4 Å². The normalized spacial score (nSPS) is 14.8. The van der Waals surface area contributed by atoms with E-state index in [0.717, 1.165) is 68.8 Å². The average molecular weight is 682 g/mol. The van der Waals surface area contributed by atoms with E-state index in [9.17, 15) is 9.59 Å². The number of amides is 2. The first-order valence-corrected chi connectivity index (χ1v) is 17.1. The molecule has 2 saturated heterocycles. The predicted molar refractivity (Wildman–Crippen MR) is 192 cm³/mol. The molecule has 0 aliphatic carbocycles. The number of para-hydroxylation sites is 1. The molecule has 4 aromatic rings. The Bertz CT molecular complexity index is 1840. The Balaban J connectivity index is 1.25. The van der Waals surface area contributed by atoms with Gasteiger partial charge in [-0.05, 0) is 87.2 Å². The van der Waals surface area contributed by atoms with Crippen molar-refractivity contribution in [3.05, 3.63) is 88.9 Å². The highest BCUT2D eigenvalue weighted by molar-refractivity contribution is 6.06. The van der Waals surface area contributed by atoms with Crippen LogP contribution < -0.4 is 25.0 Å². The van der Waals surface area contributed by atoms with Crippen LogP contribution in [0.4, 0.5) is 27.4 Å². The number of likely N-dealkylation sites (N-methyl/N-ethyl adjacent to an activating group) is 1. The molecule has 12 heteroatoms. The van der Waals surface area contributed by atoms with Crippen LogP contribution in [0.25, 0.3) is 0 Å². The zero-order chi connectivity index (χ0) is 35.2. The number of likely N-dealkylation sites (tertiary alicyclic amines) is 1. The Labute approximate surface area is 292 Å². The topological polar surface area (TPSA) is 112 Å². The van der Waals surface area contributed by atoms with Crippen molar-refractivity contribution in [2.75, 3.05) is 69.0 Å². The summed E-state index contributed by atoms with van der Waals surface area (Å²) in [6, 6.07) is 16.1. The van der Waals surface area contributed by atoms with Gasteiger partial charge >= 0.3 is 0 Å². The number of carbonyl (C=O) groups excluding carboxylic acids is 2. The van der Waals surface area contributed by atoms with Crippen LogP contribution >= 0.6 is 0 Å². The minimum atomic E-state index is -0.456. The first-order chi connectivity index (χ1) is 24.2. The Morgan fingerprint density at radius 1 is 0.920 bits per heavy atom. The van der Waals surface area contributed by atoms with E-state index in [4.69, 9.17) is 9.47 Å². The lowest BCUT2D eigenvalue weighted by atomic mass is 10.1. The van der Waals surface area contributed by atoms with E-state index in [1.54, 1.807) is 18.2 Å². The number of aryl methyl sites for hydroxylation is 3. The molecule has 0 unspecified atom stereocenters. The average Bonchev–Trinajstić information content (AvgIpc) is 3.66. The van der Waals surface area contributed by atoms with E-state index in [1.807, 2.05) is 54.0 Å². The van der Waals surface area contributed by atoms with E-state index in [0.29, 0.717) is 41.4 Å². The lowest BCUT2D eigenvalue weighted by Gasteiger charge is -2.34. The minimum Gasteiger partial charge on any atom is -0.493 e. The number of piperazine rings is 1.